The van der Waals surface area contributed by atoms with Crippen molar-refractivity contribution in [1.29, 1.82) is 0 Å². The third-order valence-electron chi connectivity index (χ3n) is 2.36. The second kappa shape index (κ2) is 6.81. The van der Waals surface area contributed by atoms with E-state index in [4.69, 9.17) is 9.11 Å². The van der Waals surface area contributed by atoms with Crippen molar-refractivity contribution < 1.29 is 25.9 Å². The molecule has 0 fully saturated rings. The van der Waals surface area contributed by atoms with Crippen LogP contribution in [0.25, 0.3) is 0 Å². The molecule has 21 heavy (non-hydrogen) atoms. The molecule has 0 bridgehead atoms. The van der Waals surface area contributed by atoms with Crippen LogP contribution in [0, 0.1) is 6.92 Å². The summed E-state index contributed by atoms with van der Waals surface area (Å²) in [7, 11) is -8.02. The van der Waals surface area contributed by atoms with Gasteiger partial charge < -0.3 is 0 Å². The fourth-order valence-corrected chi connectivity index (χ4v) is 2.28. The second-order valence-electron chi connectivity index (χ2n) is 4.08. The van der Waals surface area contributed by atoms with Gasteiger partial charge in [-0.05, 0) is 31.2 Å². The summed E-state index contributed by atoms with van der Waals surface area (Å²) < 4.78 is 58.8. The third-order valence-corrected chi connectivity index (χ3v) is 4.10. The summed E-state index contributed by atoms with van der Waals surface area (Å²) in [6, 6.07) is 13.4. The van der Waals surface area contributed by atoms with Gasteiger partial charge in [0.05, 0.1) is 9.79 Å². The Labute approximate surface area is 123 Å². The van der Waals surface area contributed by atoms with Crippen LogP contribution in [0.5, 0.6) is 0 Å². The minimum absolute atomic E-state index is 0.0666. The van der Waals surface area contributed by atoms with Crippen LogP contribution in [0.3, 0.4) is 0 Å². The van der Waals surface area contributed by atoms with Gasteiger partial charge in [-0.1, -0.05) is 35.9 Å². The van der Waals surface area contributed by atoms with Gasteiger partial charge in [0, 0.05) is 0 Å². The van der Waals surface area contributed by atoms with Crippen LogP contribution in [0.4, 0.5) is 0 Å². The predicted octanol–water partition coefficient (Wildman–Crippen LogP) is 2.18. The van der Waals surface area contributed by atoms with Crippen LogP contribution in [-0.4, -0.2) is 25.9 Å². The van der Waals surface area contributed by atoms with Crippen molar-refractivity contribution in [2.45, 2.75) is 16.7 Å². The molecule has 0 amide bonds. The molecule has 0 aliphatic carbocycles. The molecule has 0 atom stereocenters. The highest BCUT2D eigenvalue weighted by Gasteiger charge is 2.07. The average molecular weight is 330 g/mol. The number of rotatable bonds is 2. The zero-order valence-electron chi connectivity index (χ0n) is 11.0. The minimum Gasteiger partial charge on any atom is -0.282 e. The monoisotopic (exact) mass is 330 g/mol. The molecule has 0 aliphatic heterocycles. The second-order valence-corrected chi connectivity index (χ2v) is 6.92. The number of benzene rings is 2. The molecule has 0 spiro atoms. The Balaban J connectivity index is 0.000000211. The first-order valence-electron chi connectivity index (χ1n) is 5.67. The molecule has 2 aromatic carbocycles. The molecule has 0 aromatic heterocycles. The summed E-state index contributed by atoms with van der Waals surface area (Å²) in [5, 5.41) is 0. The van der Waals surface area contributed by atoms with E-state index in [-0.39, 0.29) is 9.79 Å². The zero-order valence-corrected chi connectivity index (χ0v) is 12.7. The first kappa shape index (κ1) is 17.3. The highest BCUT2D eigenvalue weighted by atomic mass is 32.2. The smallest absolute Gasteiger partial charge is 0.282 e. The van der Waals surface area contributed by atoms with Crippen LogP contribution in [-0.2, 0) is 20.2 Å². The maximum absolute atomic E-state index is 10.5. The van der Waals surface area contributed by atoms with Crippen molar-refractivity contribution in [3.05, 3.63) is 60.2 Å². The van der Waals surface area contributed by atoms with Gasteiger partial charge in [0.15, 0.2) is 0 Å². The largest absolute Gasteiger partial charge is 0.294 e. The lowest BCUT2D eigenvalue weighted by molar-refractivity contribution is 0.481. The van der Waals surface area contributed by atoms with Gasteiger partial charge in [-0.2, -0.15) is 16.8 Å². The highest BCUT2D eigenvalue weighted by molar-refractivity contribution is 7.86. The fourth-order valence-electron chi connectivity index (χ4n) is 1.30. The van der Waals surface area contributed by atoms with Crippen LogP contribution in [0.1, 0.15) is 5.56 Å². The molecule has 114 valence electrons. The summed E-state index contributed by atoms with van der Waals surface area (Å²) in [5.74, 6) is 0. The van der Waals surface area contributed by atoms with Crippen LogP contribution in [0.15, 0.2) is 64.4 Å². The van der Waals surface area contributed by atoms with E-state index in [0.717, 1.165) is 5.56 Å². The van der Waals surface area contributed by atoms with Gasteiger partial charge in [-0.3, -0.25) is 9.11 Å². The van der Waals surface area contributed by atoms with Crippen molar-refractivity contribution in [2.24, 2.45) is 0 Å². The predicted molar refractivity (Wildman–Crippen MR) is 77.3 cm³/mol. The van der Waals surface area contributed by atoms with E-state index in [1.807, 2.05) is 6.92 Å². The lowest BCUT2D eigenvalue weighted by Gasteiger charge is -1.95. The molecule has 0 radical (unpaired) electrons. The molecule has 0 saturated carbocycles. The Morgan fingerprint density at radius 2 is 1.05 bits per heavy atom. The van der Waals surface area contributed by atoms with E-state index in [1.54, 1.807) is 30.3 Å². The van der Waals surface area contributed by atoms with Crippen molar-refractivity contribution in [1.82, 2.24) is 0 Å². The van der Waals surface area contributed by atoms with Crippen LogP contribution < -0.4 is 0 Å². The Hall–Kier alpha value is -1.74. The van der Waals surface area contributed by atoms with Gasteiger partial charge in [0.1, 0.15) is 0 Å². The maximum atomic E-state index is 10.5. The summed E-state index contributed by atoms with van der Waals surface area (Å²) in [4.78, 5) is -0.141. The van der Waals surface area contributed by atoms with Gasteiger partial charge in [-0.25, -0.2) is 0 Å². The highest BCUT2D eigenvalue weighted by Crippen LogP contribution is 2.08. The molecular weight excluding hydrogens is 316 g/mol. The van der Waals surface area contributed by atoms with E-state index in [1.165, 1.54) is 24.3 Å². The number of aryl methyl sites for hydroxylation is 1. The average Bonchev–Trinajstić information content (AvgIpc) is 2.39. The number of hydrogen-bond donors (Lipinski definition) is 2. The summed E-state index contributed by atoms with van der Waals surface area (Å²) in [6.07, 6.45) is 0. The normalized spacial score (nSPS) is 11.4. The summed E-state index contributed by atoms with van der Waals surface area (Å²) in [5.41, 5.74) is 0.956. The summed E-state index contributed by atoms with van der Waals surface area (Å²) in [6.45, 7) is 1.84. The van der Waals surface area contributed by atoms with Crippen LogP contribution >= 0.6 is 0 Å². The Morgan fingerprint density at radius 3 is 1.38 bits per heavy atom. The Bertz CT molecular complexity index is 778. The van der Waals surface area contributed by atoms with Gasteiger partial charge >= 0.3 is 0 Å². The van der Waals surface area contributed by atoms with Crippen molar-refractivity contribution in [2.75, 3.05) is 0 Å². The molecule has 0 saturated heterocycles. The Kier molecular flexibility index (Phi) is 5.62. The van der Waals surface area contributed by atoms with E-state index in [2.05, 4.69) is 0 Å². The molecule has 0 heterocycles. The SMILES string of the molecule is Cc1ccc(S(=O)(=O)O)cc1.O=S(=O)(O)c1ccccc1. The molecule has 2 N–H and O–H groups in total. The van der Waals surface area contributed by atoms with E-state index >= 15 is 0 Å². The zero-order chi connectivity index (χ0) is 16.1. The standard InChI is InChI=1S/C7H8O3S.C6H6O3S/c1-6-2-4-7(5-3-6)11(8,9)10;7-10(8,9)6-4-2-1-3-5-6/h2-5H,1H3,(H,8,9,10);1-5H,(H,7,8,9). The molecule has 6 nitrogen and oxygen atoms in total. The molecule has 8 heteroatoms. The minimum atomic E-state index is -4.02. The lowest BCUT2D eigenvalue weighted by Crippen LogP contribution is -1.96. The first-order chi connectivity index (χ1) is 9.60. The molecular formula is C13H14O6S2. The van der Waals surface area contributed by atoms with Gasteiger partial charge in [0.25, 0.3) is 20.2 Å². The van der Waals surface area contributed by atoms with E-state index in [9.17, 15) is 16.8 Å². The third kappa shape index (κ3) is 6.05. The van der Waals surface area contributed by atoms with E-state index in [0.29, 0.717) is 0 Å². The number of hydrogen-bond acceptors (Lipinski definition) is 4. The van der Waals surface area contributed by atoms with Crippen molar-refractivity contribution in [3.63, 3.8) is 0 Å². The van der Waals surface area contributed by atoms with Crippen LogP contribution in [0.2, 0.25) is 0 Å². The molecule has 2 rings (SSSR count). The lowest BCUT2D eigenvalue weighted by atomic mass is 10.2. The maximum Gasteiger partial charge on any atom is 0.294 e. The topological polar surface area (TPSA) is 109 Å². The molecule has 0 unspecified atom stereocenters. The molecule has 2 aromatic rings. The van der Waals surface area contributed by atoms with Gasteiger partial charge in [-0.15, -0.1) is 0 Å². The molecule has 0 aliphatic rings. The quantitative estimate of drug-likeness (QED) is 0.817. The first-order valence-corrected chi connectivity index (χ1v) is 8.55. The Morgan fingerprint density at radius 1 is 0.667 bits per heavy atom. The van der Waals surface area contributed by atoms with Crippen molar-refractivity contribution in [3.8, 4) is 0 Å². The summed E-state index contributed by atoms with van der Waals surface area (Å²) >= 11 is 0. The van der Waals surface area contributed by atoms with Crippen molar-refractivity contribution >= 4 is 20.2 Å². The van der Waals surface area contributed by atoms with E-state index < -0.39 is 20.2 Å². The van der Waals surface area contributed by atoms with Gasteiger partial charge in [0.2, 0.25) is 0 Å². The fraction of sp³-hybridized carbons (Fsp3) is 0.0769.